The van der Waals surface area contributed by atoms with Gasteiger partial charge in [0.15, 0.2) is 10.8 Å². The fourth-order valence-electron chi connectivity index (χ4n) is 3.10. The summed E-state index contributed by atoms with van der Waals surface area (Å²) in [5, 5.41) is 22.7. The predicted molar refractivity (Wildman–Crippen MR) is 112 cm³/mol. The summed E-state index contributed by atoms with van der Waals surface area (Å²) in [4.78, 5) is 16.6. The highest BCUT2D eigenvalue weighted by atomic mass is 32.1. The zero-order chi connectivity index (χ0) is 19.7. The number of azo groups is 1. The Kier molecular flexibility index (Phi) is 4.79. The van der Waals surface area contributed by atoms with E-state index in [0.29, 0.717) is 17.4 Å². The minimum absolute atomic E-state index is 0.0128. The van der Waals surface area contributed by atoms with Gasteiger partial charge in [0.2, 0.25) is 5.88 Å². The maximum Gasteiger partial charge on any atom is 0.283 e. The highest BCUT2D eigenvalue weighted by molar-refractivity contribution is 7.22. The van der Waals surface area contributed by atoms with E-state index < -0.39 is 5.91 Å². The number of carbonyl (C=O) groups excluding carboxylic acids is 1. The van der Waals surface area contributed by atoms with E-state index in [4.69, 9.17) is 0 Å². The summed E-state index contributed by atoms with van der Waals surface area (Å²) >= 11 is 1.48. The first-order valence-corrected chi connectivity index (χ1v) is 9.74. The van der Waals surface area contributed by atoms with Gasteiger partial charge in [-0.15, -0.1) is 10.2 Å². The van der Waals surface area contributed by atoms with Crippen LogP contribution in [-0.2, 0) is 11.3 Å². The van der Waals surface area contributed by atoms with Gasteiger partial charge in [-0.25, -0.2) is 4.98 Å². The third-order valence-electron chi connectivity index (χ3n) is 4.43. The van der Waals surface area contributed by atoms with Crippen LogP contribution in [0.15, 0.2) is 52.7 Å². The van der Waals surface area contributed by atoms with Gasteiger partial charge in [0.25, 0.3) is 5.91 Å². The molecule has 7 nitrogen and oxygen atoms in total. The summed E-state index contributed by atoms with van der Waals surface area (Å²) in [6.45, 7) is 4.48. The van der Waals surface area contributed by atoms with Gasteiger partial charge in [-0.2, -0.15) is 0 Å². The van der Waals surface area contributed by atoms with Crippen LogP contribution in [-0.4, -0.2) is 27.1 Å². The smallest absolute Gasteiger partial charge is 0.283 e. The molecule has 0 aliphatic heterocycles. The van der Waals surface area contributed by atoms with Crippen molar-refractivity contribution >= 4 is 49.2 Å². The Morgan fingerprint density at radius 3 is 2.89 bits per heavy atom. The van der Waals surface area contributed by atoms with Crippen LogP contribution in [0.3, 0.4) is 0 Å². The molecule has 1 amide bonds. The molecule has 0 aliphatic rings. The van der Waals surface area contributed by atoms with Crippen LogP contribution in [0.5, 0.6) is 5.88 Å². The average molecular weight is 393 g/mol. The molecule has 2 heterocycles. The predicted octanol–water partition coefficient (Wildman–Crippen LogP) is 5.01. The number of hydrogen-bond acceptors (Lipinski definition) is 6. The number of nitrogens with zero attached hydrogens (tertiary/aromatic N) is 4. The Bertz CT molecular complexity index is 1180. The number of rotatable bonds is 5. The van der Waals surface area contributed by atoms with E-state index in [0.717, 1.165) is 26.7 Å². The van der Waals surface area contributed by atoms with Crippen LogP contribution < -0.4 is 5.32 Å². The number of para-hydroxylation sites is 1. The second-order valence-electron chi connectivity index (χ2n) is 6.37. The molecule has 0 saturated carbocycles. The fraction of sp³-hybridized carbons (Fsp3) is 0.200. The van der Waals surface area contributed by atoms with Gasteiger partial charge in [-0.3, -0.25) is 4.79 Å². The summed E-state index contributed by atoms with van der Waals surface area (Å²) in [6, 6.07) is 13.6. The summed E-state index contributed by atoms with van der Waals surface area (Å²) in [7, 11) is 0. The number of anilines is 1. The van der Waals surface area contributed by atoms with Gasteiger partial charge in [0.1, 0.15) is 6.54 Å². The number of benzene rings is 2. The first-order valence-electron chi connectivity index (χ1n) is 8.92. The Balaban J connectivity index is 1.53. The largest absolute Gasteiger partial charge is 0.493 e. The molecule has 2 N–H and O–H groups in total. The summed E-state index contributed by atoms with van der Waals surface area (Å²) < 4.78 is 2.79. The van der Waals surface area contributed by atoms with E-state index in [1.54, 1.807) is 4.57 Å². The summed E-state index contributed by atoms with van der Waals surface area (Å²) in [5.41, 5.74) is 3.10. The molecule has 28 heavy (non-hydrogen) atoms. The monoisotopic (exact) mass is 393 g/mol. The molecule has 0 unspecified atom stereocenters. The number of aromatic nitrogens is 2. The zero-order valence-electron chi connectivity index (χ0n) is 15.5. The number of aryl methyl sites for hydroxylation is 2. The van der Waals surface area contributed by atoms with Crippen LogP contribution in [0.1, 0.15) is 12.5 Å². The standard InChI is InChI=1S/C20H19N5O2S/c1-3-25-15-9-8-12(2)10-13(15)18(19(25)27)24-23-17(26)11-21-20-22-14-6-4-5-7-16(14)28-20/h4-10,27H,3,11H2,1-2H3,(H,21,22). The maximum absolute atomic E-state index is 12.2. The van der Waals surface area contributed by atoms with Crippen molar-refractivity contribution in [2.24, 2.45) is 10.2 Å². The number of nitrogens with one attached hydrogen (secondary N) is 1. The van der Waals surface area contributed by atoms with Crippen LogP contribution in [0.25, 0.3) is 21.1 Å². The highest BCUT2D eigenvalue weighted by Crippen LogP contribution is 2.39. The number of hydrogen-bond donors (Lipinski definition) is 2. The van der Waals surface area contributed by atoms with Crippen LogP contribution in [0, 0.1) is 6.92 Å². The van der Waals surface area contributed by atoms with E-state index in [-0.39, 0.29) is 12.4 Å². The molecule has 142 valence electrons. The van der Waals surface area contributed by atoms with Gasteiger partial charge in [0.05, 0.1) is 15.7 Å². The second kappa shape index (κ2) is 7.40. The van der Waals surface area contributed by atoms with Crippen molar-refractivity contribution < 1.29 is 9.90 Å². The third-order valence-corrected chi connectivity index (χ3v) is 5.42. The van der Waals surface area contributed by atoms with Crippen molar-refractivity contribution in [3.05, 3.63) is 48.0 Å². The first-order chi connectivity index (χ1) is 13.6. The molecule has 0 radical (unpaired) electrons. The van der Waals surface area contributed by atoms with Crippen LogP contribution in [0.4, 0.5) is 10.8 Å². The normalized spacial score (nSPS) is 11.6. The van der Waals surface area contributed by atoms with Crippen molar-refractivity contribution in [2.45, 2.75) is 20.4 Å². The van der Waals surface area contributed by atoms with Gasteiger partial charge < -0.3 is 15.0 Å². The molecule has 0 fully saturated rings. The maximum atomic E-state index is 12.2. The lowest BCUT2D eigenvalue weighted by Crippen LogP contribution is -2.10. The molecule has 2 aromatic carbocycles. The molecule has 4 aromatic rings. The Morgan fingerprint density at radius 2 is 2.11 bits per heavy atom. The second-order valence-corrected chi connectivity index (χ2v) is 7.40. The van der Waals surface area contributed by atoms with Gasteiger partial charge in [-0.05, 0) is 38.1 Å². The van der Waals surface area contributed by atoms with Crippen molar-refractivity contribution in [3.63, 3.8) is 0 Å². The molecular weight excluding hydrogens is 374 g/mol. The van der Waals surface area contributed by atoms with Crippen molar-refractivity contribution in [1.29, 1.82) is 0 Å². The fourth-order valence-corrected chi connectivity index (χ4v) is 3.96. The van der Waals surface area contributed by atoms with Crippen molar-refractivity contribution in [3.8, 4) is 5.88 Å². The van der Waals surface area contributed by atoms with E-state index in [1.165, 1.54) is 11.3 Å². The number of amides is 1. The molecule has 0 spiro atoms. The zero-order valence-corrected chi connectivity index (χ0v) is 16.3. The quantitative estimate of drug-likeness (QED) is 0.466. The van der Waals surface area contributed by atoms with Crippen LogP contribution >= 0.6 is 11.3 Å². The van der Waals surface area contributed by atoms with Gasteiger partial charge >= 0.3 is 0 Å². The lowest BCUT2D eigenvalue weighted by atomic mass is 10.1. The van der Waals surface area contributed by atoms with Crippen molar-refractivity contribution in [1.82, 2.24) is 9.55 Å². The van der Waals surface area contributed by atoms with E-state index in [1.807, 2.05) is 56.3 Å². The first kappa shape index (κ1) is 18.1. The Morgan fingerprint density at radius 1 is 1.29 bits per heavy atom. The third kappa shape index (κ3) is 3.34. The van der Waals surface area contributed by atoms with E-state index in [9.17, 15) is 9.90 Å². The van der Waals surface area contributed by atoms with E-state index >= 15 is 0 Å². The van der Waals surface area contributed by atoms with Gasteiger partial charge in [-0.1, -0.05) is 35.1 Å². The average Bonchev–Trinajstić information content (AvgIpc) is 3.22. The molecule has 0 bridgehead atoms. The SMILES string of the molecule is CCn1c(O)c(N=NC(=O)CNc2nc3ccccc3s2)c2cc(C)ccc21. The minimum atomic E-state index is -0.441. The number of fused-ring (bicyclic) bond motifs is 2. The molecule has 4 rings (SSSR count). The number of carbonyl (C=O) groups is 1. The van der Waals surface area contributed by atoms with Gasteiger partial charge in [0, 0.05) is 11.9 Å². The molecule has 0 saturated heterocycles. The summed E-state index contributed by atoms with van der Waals surface area (Å²) in [5.74, 6) is -0.428. The molecule has 8 heteroatoms. The molecule has 2 aromatic heterocycles. The lowest BCUT2D eigenvalue weighted by molar-refractivity contribution is -0.116. The van der Waals surface area contributed by atoms with Crippen LogP contribution in [0.2, 0.25) is 0 Å². The minimum Gasteiger partial charge on any atom is -0.493 e. The lowest BCUT2D eigenvalue weighted by Gasteiger charge is -2.01. The topological polar surface area (TPSA) is 91.9 Å². The Hall–Kier alpha value is -3.26. The highest BCUT2D eigenvalue weighted by Gasteiger charge is 2.16. The number of aromatic hydroxyl groups is 1. The molecule has 0 atom stereocenters. The van der Waals surface area contributed by atoms with E-state index in [2.05, 4.69) is 20.5 Å². The number of thiazole rings is 1. The van der Waals surface area contributed by atoms with Crippen molar-refractivity contribution in [2.75, 3.05) is 11.9 Å². The molecule has 0 aliphatic carbocycles. The summed E-state index contributed by atoms with van der Waals surface area (Å²) in [6.07, 6.45) is 0. The Labute approximate surface area is 165 Å². The molecular formula is C20H19N5O2S.